The topological polar surface area (TPSA) is 98.7 Å². The lowest BCUT2D eigenvalue weighted by Gasteiger charge is -2.28. The minimum absolute atomic E-state index is 0.00883. The quantitative estimate of drug-likeness (QED) is 0.508. The summed E-state index contributed by atoms with van der Waals surface area (Å²) in [6.45, 7) is 10.4. The van der Waals surface area contributed by atoms with E-state index in [9.17, 15) is 19.2 Å². The number of nitrogens with one attached hydrogen (secondary N) is 2. The third kappa shape index (κ3) is 6.49. The Bertz CT molecular complexity index is 345. The molecule has 0 aliphatic rings. The predicted octanol–water partition coefficient (Wildman–Crippen LogP) is 0.274. The minimum atomic E-state index is -3.69. The van der Waals surface area contributed by atoms with Crippen LogP contribution >= 0.6 is 0 Å². The summed E-state index contributed by atoms with van der Waals surface area (Å²) in [6, 6.07) is 0.00179. The van der Waals surface area contributed by atoms with E-state index in [0.29, 0.717) is 0 Å². The number of hydrogen-bond acceptors (Lipinski definition) is 4. The van der Waals surface area contributed by atoms with Gasteiger partial charge in [0.25, 0.3) is 0 Å². The lowest BCUT2D eigenvalue weighted by Crippen LogP contribution is -2.58. The van der Waals surface area contributed by atoms with Gasteiger partial charge < -0.3 is 20.2 Å². The van der Waals surface area contributed by atoms with E-state index >= 15 is 0 Å². The third-order valence-electron chi connectivity index (χ3n) is 3.06. The molecule has 0 saturated carbocycles. The molecule has 0 unspecified atom stereocenters. The molecule has 0 rings (SSSR count). The van der Waals surface area contributed by atoms with E-state index in [0.717, 1.165) is 0 Å². The van der Waals surface area contributed by atoms with Crippen LogP contribution in [0.4, 0.5) is 0 Å². The highest BCUT2D eigenvalue weighted by molar-refractivity contribution is 6.66. The first kappa shape index (κ1) is 19.1. The number of carbonyl (C=O) groups excluding carboxylic acids is 2. The van der Waals surface area contributed by atoms with Crippen LogP contribution in [0.3, 0.4) is 0 Å². The van der Waals surface area contributed by atoms with Crippen molar-refractivity contribution < 1.29 is 19.2 Å². The standard InChI is InChI=1S/C13H28N2O4Si/c1-8(2)12(16)15-11(6)20(18,19)7-10(5)13(17)14-9(3)4/h8-11,18-19H,7H2,1-6H3,(H,14,17)(H,15,16)/t10-,11-/m1/s1. The van der Waals surface area contributed by atoms with E-state index in [1.54, 1.807) is 27.7 Å². The zero-order valence-corrected chi connectivity index (χ0v) is 14.2. The Labute approximate surface area is 122 Å². The molecule has 0 aliphatic heterocycles. The van der Waals surface area contributed by atoms with Crippen LogP contribution < -0.4 is 10.6 Å². The van der Waals surface area contributed by atoms with E-state index in [2.05, 4.69) is 10.6 Å². The highest BCUT2D eigenvalue weighted by Crippen LogP contribution is 2.16. The van der Waals surface area contributed by atoms with Gasteiger partial charge in [0.05, 0.1) is 5.67 Å². The van der Waals surface area contributed by atoms with Crippen molar-refractivity contribution in [3.8, 4) is 0 Å². The molecule has 0 aromatic carbocycles. The number of carbonyl (C=O) groups is 2. The molecule has 7 heteroatoms. The van der Waals surface area contributed by atoms with Gasteiger partial charge in [-0.1, -0.05) is 20.8 Å². The maximum Gasteiger partial charge on any atom is 0.356 e. The lowest BCUT2D eigenvalue weighted by molar-refractivity contribution is -0.124. The SMILES string of the molecule is CC(C)NC(=O)[C@H](C)C[Si](O)(O)[C@H](C)NC(=O)C(C)C. The van der Waals surface area contributed by atoms with Gasteiger partial charge in [-0.25, -0.2) is 0 Å². The summed E-state index contributed by atoms with van der Waals surface area (Å²) < 4.78 is 0. The second kappa shape index (κ2) is 7.75. The van der Waals surface area contributed by atoms with Crippen LogP contribution in [0.25, 0.3) is 0 Å². The summed E-state index contributed by atoms with van der Waals surface area (Å²) >= 11 is 0. The molecule has 0 bridgehead atoms. The van der Waals surface area contributed by atoms with Gasteiger partial charge in [-0.3, -0.25) is 9.59 Å². The third-order valence-corrected chi connectivity index (χ3v) is 5.81. The summed E-state index contributed by atoms with van der Waals surface area (Å²) in [4.78, 5) is 43.7. The Kier molecular flexibility index (Phi) is 7.39. The predicted molar refractivity (Wildman–Crippen MR) is 79.9 cm³/mol. The monoisotopic (exact) mass is 304 g/mol. The molecule has 0 aromatic rings. The molecule has 0 fully saturated rings. The maximum atomic E-state index is 11.8. The fraction of sp³-hybridized carbons (Fsp3) is 0.846. The van der Waals surface area contributed by atoms with Gasteiger partial charge in [0.1, 0.15) is 0 Å². The van der Waals surface area contributed by atoms with Crippen molar-refractivity contribution in [1.29, 1.82) is 0 Å². The molecule has 0 aromatic heterocycles. The van der Waals surface area contributed by atoms with Gasteiger partial charge in [-0.05, 0) is 20.8 Å². The van der Waals surface area contributed by atoms with Crippen molar-refractivity contribution in [2.45, 2.75) is 59.3 Å². The smallest absolute Gasteiger partial charge is 0.356 e. The van der Waals surface area contributed by atoms with Gasteiger partial charge in [-0.2, -0.15) is 0 Å². The normalized spacial score (nSPS) is 15.1. The first-order valence-corrected chi connectivity index (χ1v) is 9.20. The van der Waals surface area contributed by atoms with Gasteiger partial charge in [0.2, 0.25) is 11.8 Å². The van der Waals surface area contributed by atoms with Crippen molar-refractivity contribution in [1.82, 2.24) is 10.6 Å². The van der Waals surface area contributed by atoms with Crippen LogP contribution in [-0.4, -0.2) is 41.7 Å². The fourth-order valence-electron chi connectivity index (χ4n) is 1.64. The van der Waals surface area contributed by atoms with Gasteiger partial charge in [-0.15, -0.1) is 0 Å². The Morgan fingerprint density at radius 3 is 1.85 bits per heavy atom. The molecule has 118 valence electrons. The van der Waals surface area contributed by atoms with Crippen molar-refractivity contribution in [3.05, 3.63) is 0 Å². The Morgan fingerprint density at radius 1 is 0.950 bits per heavy atom. The zero-order valence-electron chi connectivity index (χ0n) is 13.2. The second-order valence-corrected chi connectivity index (χ2v) is 9.06. The van der Waals surface area contributed by atoms with Gasteiger partial charge >= 0.3 is 8.56 Å². The molecular formula is C13H28N2O4Si. The first-order chi connectivity index (χ1) is 8.97. The fourth-order valence-corrected chi connectivity index (χ4v) is 3.46. The maximum absolute atomic E-state index is 11.8. The first-order valence-electron chi connectivity index (χ1n) is 7.02. The van der Waals surface area contributed by atoms with Crippen molar-refractivity contribution >= 4 is 20.4 Å². The molecule has 0 aliphatic carbocycles. The molecule has 6 nitrogen and oxygen atoms in total. The number of amides is 2. The van der Waals surface area contributed by atoms with E-state index in [1.807, 2.05) is 13.8 Å². The van der Waals surface area contributed by atoms with Crippen molar-refractivity contribution in [3.63, 3.8) is 0 Å². The van der Waals surface area contributed by atoms with Crippen molar-refractivity contribution in [2.75, 3.05) is 0 Å². The molecule has 2 amide bonds. The lowest BCUT2D eigenvalue weighted by atomic mass is 10.2. The molecular weight excluding hydrogens is 276 g/mol. The zero-order chi connectivity index (χ0) is 16.1. The highest BCUT2D eigenvalue weighted by atomic mass is 28.4. The van der Waals surface area contributed by atoms with Gasteiger partial charge in [0.15, 0.2) is 0 Å². The Hall–Kier alpha value is -0.923. The average molecular weight is 304 g/mol. The van der Waals surface area contributed by atoms with Crippen LogP contribution in [0.1, 0.15) is 41.5 Å². The summed E-state index contributed by atoms with van der Waals surface area (Å²) in [5.74, 6) is -1.15. The van der Waals surface area contributed by atoms with Crippen LogP contribution in [0, 0.1) is 11.8 Å². The summed E-state index contributed by atoms with van der Waals surface area (Å²) in [5, 5.41) is 5.33. The molecule has 0 radical (unpaired) electrons. The van der Waals surface area contributed by atoms with Crippen LogP contribution in [0.2, 0.25) is 6.04 Å². The molecule has 0 spiro atoms. The molecule has 0 saturated heterocycles. The van der Waals surface area contributed by atoms with Crippen LogP contribution in [-0.2, 0) is 9.59 Å². The summed E-state index contributed by atoms with van der Waals surface area (Å²) in [5.41, 5.74) is -0.716. The van der Waals surface area contributed by atoms with Crippen molar-refractivity contribution in [2.24, 2.45) is 11.8 Å². The molecule has 4 N–H and O–H groups in total. The van der Waals surface area contributed by atoms with E-state index in [-0.39, 0.29) is 29.8 Å². The largest absolute Gasteiger partial charge is 0.409 e. The number of hydrogen-bond donors (Lipinski definition) is 4. The second-order valence-electron chi connectivity index (χ2n) is 6.03. The van der Waals surface area contributed by atoms with E-state index in [4.69, 9.17) is 0 Å². The van der Waals surface area contributed by atoms with Crippen LogP contribution in [0.5, 0.6) is 0 Å². The Morgan fingerprint density at radius 2 is 1.45 bits per heavy atom. The van der Waals surface area contributed by atoms with E-state index in [1.165, 1.54) is 0 Å². The average Bonchev–Trinajstić information content (AvgIpc) is 2.26. The van der Waals surface area contributed by atoms with E-state index < -0.39 is 20.1 Å². The molecule has 0 heterocycles. The highest BCUT2D eigenvalue weighted by Gasteiger charge is 2.40. The summed E-state index contributed by atoms with van der Waals surface area (Å²) in [6.07, 6.45) is 0. The summed E-state index contributed by atoms with van der Waals surface area (Å²) in [7, 11) is -3.69. The number of rotatable bonds is 7. The van der Waals surface area contributed by atoms with Crippen LogP contribution in [0.15, 0.2) is 0 Å². The van der Waals surface area contributed by atoms with Gasteiger partial charge in [0, 0.05) is 23.9 Å². The minimum Gasteiger partial charge on any atom is -0.409 e. The molecule has 2 atom stereocenters. The molecule has 20 heavy (non-hydrogen) atoms. The Balaban J connectivity index is 4.56.